The number of nitrogens with zero attached hydrogens (tertiary/aromatic N) is 1. The fraction of sp³-hybridized carbons (Fsp3) is 0.929. The predicted octanol–water partition coefficient (Wildman–Crippen LogP) is 0.831. The van der Waals surface area contributed by atoms with E-state index in [2.05, 4.69) is 36.3 Å². The summed E-state index contributed by atoms with van der Waals surface area (Å²) >= 11 is 0. The summed E-state index contributed by atoms with van der Waals surface area (Å²) < 4.78 is 0. The maximum atomic E-state index is 12.0. The van der Waals surface area contributed by atoms with Gasteiger partial charge in [0.15, 0.2) is 0 Å². The van der Waals surface area contributed by atoms with Gasteiger partial charge in [-0.05, 0) is 44.7 Å². The van der Waals surface area contributed by atoms with E-state index in [1.165, 1.54) is 12.8 Å². The molecule has 2 rings (SSSR count). The van der Waals surface area contributed by atoms with Crippen LogP contribution in [0, 0.1) is 11.8 Å². The van der Waals surface area contributed by atoms with Crippen LogP contribution < -0.4 is 10.6 Å². The number of carbonyl (C=O) groups is 1. The van der Waals surface area contributed by atoms with E-state index in [0.29, 0.717) is 18.5 Å². The number of likely N-dealkylation sites (tertiary alicyclic amines) is 1. The normalized spacial score (nSPS) is 30.2. The van der Waals surface area contributed by atoms with Gasteiger partial charge in [0.25, 0.3) is 0 Å². The van der Waals surface area contributed by atoms with E-state index in [1.807, 2.05) is 0 Å². The lowest BCUT2D eigenvalue weighted by Crippen LogP contribution is -2.50. The van der Waals surface area contributed by atoms with Crippen LogP contribution in [0.4, 0.5) is 0 Å². The molecule has 4 nitrogen and oxygen atoms in total. The predicted molar refractivity (Wildman–Crippen MR) is 73.4 cm³/mol. The molecule has 2 aliphatic rings. The van der Waals surface area contributed by atoms with Crippen LogP contribution in [0.5, 0.6) is 0 Å². The highest BCUT2D eigenvalue weighted by Gasteiger charge is 2.35. The van der Waals surface area contributed by atoms with Gasteiger partial charge in [0.05, 0.1) is 6.54 Å². The van der Waals surface area contributed by atoms with Crippen molar-refractivity contribution in [2.45, 2.75) is 45.7 Å². The first-order valence-electron chi connectivity index (χ1n) is 7.32. The van der Waals surface area contributed by atoms with Gasteiger partial charge in [-0.2, -0.15) is 0 Å². The summed E-state index contributed by atoms with van der Waals surface area (Å²) in [5.41, 5.74) is 0. The van der Waals surface area contributed by atoms with E-state index in [0.717, 1.165) is 25.6 Å². The number of hydrogen-bond donors (Lipinski definition) is 2. The molecule has 2 aliphatic heterocycles. The quantitative estimate of drug-likeness (QED) is 0.780. The molecule has 2 N–H and O–H groups in total. The van der Waals surface area contributed by atoms with Crippen LogP contribution >= 0.6 is 0 Å². The highest BCUT2D eigenvalue weighted by atomic mass is 16.2. The minimum absolute atomic E-state index is 0.184. The lowest BCUT2D eigenvalue weighted by atomic mass is 9.92. The van der Waals surface area contributed by atoms with Crippen LogP contribution in [0.25, 0.3) is 0 Å². The lowest BCUT2D eigenvalue weighted by molar-refractivity contribution is -0.124. The lowest BCUT2D eigenvalue weighted by Gasteiger charge is -2.36. The van der Waals surface area contributed by atoms with Crippen LogP contribution in [0.1, 0.15) is 33.6 Å². The summed E-state index contributed by atoms with van der Waals surface area (Å²) in [5.74, 6) is 1.44. The second kappa shape index (κ2) is 6.02. The van der Waals surface area contributed by atoms with E-state index in [-0.39, 0.29) is 11.9 Å². The highest BCUT2D eigenvalue weighted by molar-refractivity contribution is 5.78. The largest absolute Gasteiger partial charge is 0.352 e. The molecule has 4 heteroatoms. The van der Waals surface area contributed by atoms with Crippen molar-refractivity contribution in [1.82, 2.24) is 15.5 Å². The Balaban J connectivity index is 1.83. The van der Waals surface area contributed by atoms with E-state index < -0.39 is 0 Å². The first-order valence-corrected chi connectivity index (χ1v) is 7.32. The fourth-order valence-electron chi connectivity index (χ4n) is 3.01. The average Bonchev–Trinajstić information content (AvgIpc) is 2.77. The third-order valence-corrected chi connectivity index (χ3v) is 4.53. The van der Waals surface area contributed by atoms with Gasteiger partial charge in [-0.1, -0.05) is 13.8 Å². The Hall–Kier alpha value is -0.610. The topological polar surface area (TPSA) is 44.4 Å². The second-order valence-corrected chi connectivity index (χ2v) is 6.20. The molecule has 0 aromatic carbocycles. The smallest absolute Gasteiger partial charge is 0.234 e. The second-order valence-electron chi connectivity index (χ2n) is 6.20. The molecular weight excluding hydrogens is 226 g/mol. The van der Waals surface area contributed by atoms with Crippen molar-refractivity contribution in [3.05, 3.63) is 0 Å². The van der Waals surface area contributed by atoms with Gasteiger partial charge in [0.2, 0.25) is 5.91 Å². The summed E-state index contributed by atoms with van der Waals surface area (Å²) in [6.45, 7) is 10.2. The zero-order valence-electron chi connectivity index (χ0n) is 11.9. The molecule has 3 unspecified atom stereocenters. The maximum Gasteiger partial charge on any atom is 0.234 e. The molecule has 0 radical (unpaired) electrons. The number of rotatable bonds is 4. The number of amides is 1. The van der Waals surface area contributed by atoms with Gasteiger partial charge in [-0.15, -0.1) is 0 Å². The summed E-state index contributed by atoms with van der Waals surface area (Å²) in [6.07, 6.45) is 2.55. The Labute approximate surface area is 110 Å². The Bertz CT molecular complexity index is 293. The van der Waals surface area contributed by atoms with E-state index in [1.54, 1.807) is 0 Å². The molecule has 18 heavy (non-hydrogen) atoms. The molecule has 0 aromatic heterocycles. The van der Waals surface area contributed by atoms with Gasteiger partial charge >= 0.3 is 0 Å². The van der Waals surface area contributed by atoms with Gasteiger partial charge in [-0.3, -0.25) is 9.69 Å². The third kappa shape index (κ3) is 3.23. The van der Waals surface area contributed by atoms with Crippen molar-refractivity contribution < 1.29 is 4.79 Å². The van der Waals surface area contributed by atoms with E-state index in [9.17, 15) is 4.79 Å². The van der Waals surface area contributed by atoms with Crippen LogP contribution in [0.2, 0.25) is 0 Å². The fourth-order valence-corrected chi connectivity index (χ4v) is 3.01. The SMILES string of the molecule is CC(C)C(C)NC(=O)CN1CCCC2CNCC21. The first kappa shape index (κ1) is 13.8. The zero-order valence-corrected chi connectivity index (χ0v) is 11.9. The van der Waals surface area contributed by atoms with Gasteiger partial charge in [-0.25, -0.2) is 0 Å². The highest BCUT2D eigenvalue weighted by Crippen LogP contribution is 2.25. The van der Waals surface area contributed by atoms with Crippen molar-refractivity contribution in [1.29, 1.82) is 0 Å². The Kier molecular flexibility index (Phi) is 4.62. The summed E-state index contributed by atoms with van der Waals surface area (Å²) in [4.78, 5) is 14.4. The average molecular weight is 253 g/mol. The van der Waals surface area contributed by atoms with E-state index >= 15 is 0 Å². The van der Waals surface area contributed by atoms with Gasteiger partial charge < -0.3 is 10.6 Å². The van der Waals surface area contributed by atoms with Crippen molar-refractivity contribution in [2.75, 3.05) is 26.2 Å². The minimum atomic E-state index is 0.184. The molecule has 104 valence electrons. The molecule has 0 aliphatic carbocycles. The maximum absolute atomic E-state index is 12.0. The molecule has 2 saturated heterocycles. The van der Waals surface area contributed by atoms with Crippen molar-refractivity contribution >= 4 is 5.91 Å². The van der Waals surface area contributed by atoms with Gasteiger partial charge in [0.1, 0.15) is 0 Å². The van der Waals surface area contributed by atoms with Crippen molar-refractivity contribution in [2.24, 2.45) is 11.8 Å². The summed E-state index contributed by atoms with van der Waals surface area (Å²) in [6, 6.07) is 0.846. The van der Waals surface area contributed by atoms with Crippen molar-refractivity contribution in [3.8, 4) is 0 Å². The number of fused-ring (bicyclic) bond motifs is 1. The van der Waals surface area contributed by atoms with Crippen molar-refractivity contribution in [3.63, 3.8) is 0 Å². The minimum Gasteiger partial charge on any atom is -0.352 e. The number of piperidine rings is 1. The molecule has 0 aromatic rings. The van der Waals surface area contributed by atoms with Crippen LogP contribution in [-0.4, -0.2) is 49.1 Å². The molecular formula is C14H27N3O. The number of hydrogen-bond acceptors (Lipinski definition) is 3. The standard InChI is InChI=1S/C14H27N3O/c1-10(2)11(3)16-14(18)9-17-6-4-5-12-7-15-8-13(12)17/h10-13,15H,4-9H2,1-3H3,(H,16,18). The number of carbonyl (C=O) groups excluding carboxylic acids is 1. The molecule has 2 fully saturated rings. The third-order valence-electron chi connectivity index (χ3n) is 4.53. The number of nitrogens with one attached hydrogen (secondary N) is 2. The molecule has 0 bridgehead atoms. The molecule has 3 atom stereocenters. The Morgan fingerprint density at radius 1 is 1.39 bits per heavy atom. The first-order chi connectivity index (χ1) is 8.58. The molecule has 2 heterocycles. The molecule has 1 amide bonds. The molecule has 0 spiro atoms. The van der Waals surface area contributed by atoms with Crippen LogP contribution in [0.3, 0.4) is 0 Å². The van der Waals surface area contributed by atoms with Crippen LogP contribution in [-0.2, 0) is 4.79 Å². The Morgan fingerprint density at radius 2 is 2.17 bits per heavy atom. The zero-order chi connectivity index (χ0) is 13.1. The van der Waals surface area contributed by atoms with Gasteiger partial charge in [0, 0.05) is 18.6 Å². The monoisotopic (exact) mass is 253 g/mol. The summed E-state index contributed by atoms with van der Waals surface area (Å²) in [7, 11) is 0. The Morgan fingerprint density at radius 3 is 2.89 bits per heavy atom. The molecule has 0 saturated carbocycles. The summed E-state index contributed by atoms with van der Waals surface area (Å²) in [5, 5.41) is 6.56. The van der Waals surface area contributed by atoms with E-state index in [4.69, 9.17) is 0 Å². The van der Waals surface area contributed by atoms with Crippen LogP contribution in [0.15, 0.2) is 0 Å².